The van der Waals surface area contributed by atoms with Gasteiger partial charge in [-0.15, -0.1) is 12.4 Å². The number of halogens is 1. The molecule has 0 spiro atoms. The summed E-state index contributed by atoms with van der Waals surface area (Å²) in [6.45, 7) is 4.45. The summed E-state index contributed by atoms with van der Waals surface area (Å²) in [7, 11) is 0. The van der Waals surface area contributed by atoms with Gasteiger partial charge in [0.25, 0.3) is 0 Å². The molecule has 3 rings (SSSR count). The van der Waals surface area contributed by atoms with E-state index in [4.69, 9.17) is 0 Å². The molecule has 0 saturated heterocycles. The lowest BCUT2D eigenvalue weighted by atomic mass is 9.95. The molecule has 2 atom stereocenters. The van der Waals surface area contributed by atoms with Crippen molar-refractivity contribution in [3.8, 4) is 0 Å². The van der Waals surface area contributed by atoms with Gasteiger partial charge >= 0.3 is 0 Å². The van der Waals surface area contributed by atoms with Crippen molar-refractivity contribution in [1.82, 2.24) is 10.6 Å². The van der Waals surface area contributed by atoms with Gasteiger partial charge in [-0.05, 0) is 48.6 Å². The van der Waals surface area contributed by atoms with Crippen LogP contribution in [0.15, 0.2) is 48.5 Å². The summed E-state index contributed by atoms with van der Waals surface area (Å²) in [4.78, 5) is 24.8. The molecular weight excluding hydrogens is 362 g/mol. The Morgan fingerprint density at radius 1 is 1.11 bits per heavy atom. The summed E-state index contributed by atoms with van der Waals surface area (Å²) < 4.78 is 0. The lowest BCUT2D eigenvalue weighted by molar-refractivity contribution is -0.127. The second kappa shape index (κ2) is 9.53. The van der Waals surface area contributed by atoms with E-state index in [0.717, 1.165) is 12.1 Å². The average molecular weight is 388 g/mol. The predicted octanol–water partition coefficient (Wildman–Crippen LogP) is 2.83. The Morgan fingerprint density at radius 3 is 2.44 bits per heavy atom. The Balaban J connectivity index is 0.00000261. The Labute approximate surface area is 166 Å². The number of rotatable bonds is 5. The number of amides is 2. The molecule has 2 aromatic rings. The van der Waals surface area contributed by atoms with Crippen molar-refractivity contribution in [3.63, 3.8) is 0 Å². The summed E-state index contributed by atoms with van der Waals surface area (Å²) in [6.07, 6.45) is 1.59. The second-order valence-corrected chi connectivity index (χ2v) is 6.68. The first-order valence-electron chi connectivity index (χ1n) is 9.07. The molecular formula is C21H26ClN3O2. The van der Waals surface area contributed by atoms with E-state index in [-0.39, 0.29) is 30.3 Å². The number of aryl methyl sites for hydroxylation is 1. The predicted molar refractivity (Wildman–Crippen MR) is 110 cm³/mol. The Hall–Kier alpha value is -2.37. The molecule has 5 nitrogen and oxygen atoms in total. The van der Waals surface area contributed by atoms with Crippen LogP contribution in [0.25, 0.3) is 0 Å². The van der Waals surface area contributed by atoms with Crippen molar-refractivity contribution in [2.45, 2.75) is 45.3 Å². The number of nitrogens with one attached hydrogen (secondary N) is 3. The van der Waals surface area contributed by atoms with Crippen LogP contribution in [0.5, 0.6) is 0 Å². The van der Waals surface area contributed by atoms with Crippen molar-refractivity contribution >= 4 is 29.9 Å². The molecule has 2 amide bonds. The molecule has 0 fully saturated rings. The van der Waals surface area contributed by atoms with Crippen LogP contribution in [0, 0.1) is 0 Å². The minimum absolute atomic E-state index is 0. The maximum Gasteiger partial charge on any atom is 0.246 e. The second-order valence-electron chi connectivity index (χ2n) is 6.68. The number of fused-ring (bicyclic) bond motifs is 1. The highest BCUT2D eigenvalue weighted by atomic mass is 35.5. The van der Waals surface area contributed by atoms with Gasteiger partial charge in [-0.2, -0.15) is 0 Å². The maximum absolute atomic E-state index is 12.5. The molecule has 144 valence electrons. The molecule has 27 heavy (non-hydrogen) atoms. The Bertz CT molecular complexity index is 792. The third-order valence-corrected chi connectivity index (χ3v) is 4.78. The van der Waals surface area contributed by atoms with E-state index >= 15 is 0 Å². The van der Waals surface area contributed by atoms with E-state index in [2.05, 4.69) is 28.9 Å². The lowest BCUT2D eigenvalue weighted by Crippen LogP contribution is -2.52. The molecule has 0 saturated carbocycles. The minimum atomic E-state index is -0.604. The molecule has 6 heteroatoms. The van der Waals surface area contributed by atoms with Crippen molar-refractivity contribution < 1.29 is 9.59 Å². The first kappa shape index (κ1) is 20.9. The summed E-state index contributed by atoms with van der Waals surface area (Å²) in [5.74, 6) is -0.373. The fraction of sp³-hybridized carbons (Fsp3) is 0.333. The molecule has 0 radical (unpaired) electrons. The molecule has 0 aromatic heterocycles. The van der Waals surface area contributed by atoms with Crippen molar-refractivity contribution in [3.05, 3.63) is 65.2 Å². The quantitative estimate of drug-likeness (QED) is 0.738. The number of anilines is 1. The Kier molecular flexibility index (Phi) is 7.39. The van der Waals surface area contributed by atoms with E-state index in [9.17, 15) is 9.59 Å². The van der Waals surface area contributed by atoms with E-state index in [1.165, 1.54) is 16.7 Å². The van der Waals surface area contributed by atoms with Crippen LogP contribution in [0.1, 0.15) is 30.5 Å². The molecule has 3 N–H and O–H groups in total. The normalized spacial score (nSPS) is 16.4. The molecule has 1 aliphatic rings. The van der Waals surface area contributed by atoms with Gasteiger partial charge < -0.3 is 16.0 Å². The third-order valence-electron chi connectivity index (χ3n) is 4.78. The third kappa shape index (κ3) is 5.31. The molecule has 2 aromatic carbocycles. The van der Waals surface area contributed by atoms with Gasteiger partial charge in [0.15, 0.2) is 0 Å². The fourth-order valence-corrected chi connectivity index (χ4v) is 3.09. The summed E-state index contributed by atoms with van der Waals surface area (Å²) in [5.41, 5.74) is 4.35. The first-order valence-corrected chi connectivity index (χ1v) is 9.07. The summed E-state index contributed by atoms with van der Waals surface area (Å²) >= 11 is 0. The number of benzene rings is 2. The van der Waals surface area contributed by atoms with Crippen LogP contribution >= 0.6 is 12.4 Å². The summed E-state index contributed by atoms with van der Waals surface area (Å²) in [5, 5.41) is 8.89. The number of carbonyl (C=O) groups excluding carboxylic acids is 2. The van der Waals surface area contributed by atoms with Gasteiger partial charge in [0.1, 0.15) is 6.04 Å². The van der Waals surface area contributed by atoms with Gasteiger partial charge in [-0.3, -0.25) is 9.59 Å². The topological polar surface area (TPSA) is 70.2 Å². The monoisotopic (exact) mass is 387 g/mol. The van der Waals surface area contributed by atoms with E-state index < -0.39 is 6.04 Å². The zero-order chi connectivity index (χ0) is 18.5. The first-order chi connectivity index (χ1) is 12.6. The zero-order valence-electron chi connectivity index (χ0n) is 15.6. The highest BCUT2D eigenvalue weighted by molar-refractivity contribution is 5.97. The van der Waals surface area contributed by atoms with Crippen LogP contribution < -0.4 is 16.0 Å². The molecule has 1 aliphatic heterocycles. The van der Waals surface area contributed by atoms with Crippen LogP contribution in [0.2, 0.25) is 0 Å². The molecule has 1 heterocycles. The van der Waals surface area contributed by atoms with Gasteiger partial charge in [0.2, 0.25) is 11.8 Å². The minimum Gasteiger partial charge on any atom is -0.343 e. The van der Waals surface area contributed by atoms with Gasteiger partial charge in [-0.1, -0.05) is 43.3 Å². The number of carbonyl (C=O) groups is 2. The van der Waals surface area contributed by atoms with Crippen LogP contribution in [0.4, 0.5) is 5.69 Å². The molecule has 0 unspecified atom stereocenters. The number of hydrogen-bond donors (Lipinski definition) is 3. The van der Waals surface area contributed by atoms with Crippen molar-refractivity contribution in [2.24, 2.45) is 0 Å². The van der Waals surface area contributed by atoms with Gasteiger partial charge in [-0.25, -0.2) is 0 Å². The van der Waals surface area contributed by atoms with Crippen LogP contribution in [0.3, 0.4) is 0 Å². The van der Waals surface area contributed by atoms with E-state index in [1.54, 1.807) is 6.92 Å². The summed E-state index contributed by atoms with van der Waals surface area (Å²) in [6, 6.07) is 14.9. The van der Waals surface area contributed by atoms with Crippen molar-refractivity contribution in [1.29, 1.82) is 0 Å². The van der Waals surface area contributed by atoms with Gasteiger partial charge in [0.05, 0.1) is 6.04 Å². The Morgan fingerprint density at radius 2 is 1.78 bits per heavy atom. The fourth-order valence-electron chi connectivity index (χ4n) is 3.09. The molecule has 0 aliphatic carbocycles. The van der Waals surface area contributed by atoms with E-state index in [1.807, 2.05) is 42.5 Å². The van der Waals surface area contributed by atoms with E-state index in [0.29, 0.717) is 13.0 Å². The molecule has 0 bridgehead atoms. The number of hydrogen-bond acceptors (Lipinski definition) is 3. The highest BCUT2D eigenvalue weighted by Crippen LogP contribution is 2.16. The average Bonchev–Trinajstić information content (AvgIpc) is 2.68. The SMILES string of the molecule is CCc1ccc(NC(=O)[C@H](C)NC(=O)[C@@H]2Cc3ccccc3CN2)cc1.Cl. The highest BCUT2D eigenvalue weighted by Gasteiger charge is 2.26. The smallest absolute Gasteiger partial charge is 0.246 e. The standard InChI is InChI=1S/C21H25N3O2.ClH/c1-3-15-8-10-18(11-9-15)24-20(25)14(2)23-21(26)19-12-16-6-4-5-7-17(16)13-22-19;/h4-11,14,19,22H,3,12-13H2,1-2H3,(H,23,26)(H,24,25);1H/t14-,19-;/m0./s1. The zero-order valence-corrected chi connectivity index (χ0v) is 16.4. The van der Waals surface area contributed by atoms with Crippen LogP contribution in [-0.4, -0.2) is 23.9 Å². The van der Waals surface area contributed by atoms with Gasteiger partial charge in [0, 0.05) is 12.2 Å². The van der Waals surface area contributed by atoms with Crippen molar-refractivity contribution in [2.75, 3.05) is 5.32 Å². The lowest BCUT2D eigenvalue weighted by Gasteiger charge is -2.26. The maximum atomic E-state index is 12.5. The van der Waals surface area contributed by atoms with Crippen LogP contribution in [-0.2, 0) is 29.0 Å². The largest absolute Gasteiger partial charge is 0.343 e.